The largest absolute Gasteiger partial charge is 0.497 e. The van der Waals surface area contributed by atoms with Gasteiger partial charge in [0.2, 0.25) is 11.8 Å². The Balaban J connectivity index is 1.55. The van der Waals surface area contributed by atoms with E-state index < -0.39 is 0 Å². The summed E-state index contributed by atoms with van der Waals surface area (Å²) >= 11 is 0. The highest BCUT2D eigenvalue weighted by Crippen LogP contribution is 2.16. The maximum atomic E-state index is 12.4. The second-order valence-corrected chi connectivity index (χ2v) is 5.50. The second kappa shape index (κ2) is 6.68. The van der Waals surface area contributed by atoms with Crippen molar-refractivity contribution < 1.29 is 13.9 Å². The molecule has 122 valence electrons. The molecule has 1 aromatic carbocycles. The Morgan fingerprint density at radius 1 is 1.26 bits per heavy atom. The summed E-state index contributed by atoms with van der Waals surface area (Å²) in [5, 5.41) is 7.86. The molecular formula is C16H20N4O3. The molecule has 7 heteroatoms. The van der Waals surface area contributed by atoms with E-state index in [0.29, 0.717) is 44.5 Å². The number of nitrogens with zero attached hydrogens (tertiary/aromatic N) is 4. The lowest BCUT2D eigenvalue weighted by Gasteiger charge is -2.33. The maximum absolute atomic E-state index is 12.4. The fourth-order valence-electron chi connectivity index (χ4n) is 2.63. The van der Waals surface area contributed by atoms with E-state index in [0.717, 1.165) is 11.3 Å². The lowest BCUT2D eigenvalue weighted by Crippen LogP contribution is -2.49. The van der Waals surface area contributed by atoms with Crippen molar-refractivity contribution in [3.63, 3.8) is 0 Å². The molecule has 2 aromatic rings. The molecule has 2 heterocycles. The number of aryl methyl sites for hydroxylation is 1. The molecular weight excluding hydrogens is 296 g/mol. The quantitative estimate of drug-likeness (QED) is 0.846. The van der Waals surface area contributed by atoms with Crippen LogP contribution in [0.15, 0.2) is 28.7 Å². The predicted molar refractivity (Wildman–Crippen MR) is 84.5 cm³/mol. The van der Waals surface area contributed by atoms with Gasteiger partial charge < -0.3 is 19.0 Å². The minimum atomic E-state index is 0.125. The Labute approximate surface area is 134 Å². The molecule has 0 saturated carbocycles. The van der Waals surface area contributed by atoms with Crippen molar-refractivity contribution >= 4 is 11.9 Å². The van der Waals surface area contributed by atoms with E-state index in [9.17, 15) is 4.79 Å². The van der Waals surface area contributed by atoms with Crippen LogP contribution in [0, 0.1) is 6.92 Å². The van der Waals surface area contributed by atoms with E-state index in [1.165, 1.54) is 0 Å². The summed E-state index contributed by atoms with van der Waals surface area (Å²) < 4.78 is 10.6. The summed E-state index contributed by atoms with van der Waals surface area (Å²) in [5.74, 6) is 1.45. The molecule has 0 unspecified atom stereocenters. The van der Waals surface area contributed by atoms with Gasteiger partial charge in [-0.15, -0.1) is 5.10 Å². The first-order valence-corrected chi connectivity index (χ1v) is 7.61. The van der Waals surface area contributed by atoms with Crippen LogP contribution in [0.5, 0.6) is 5.75 Å². The topological polar surface area (TPSA) is 71.7 Å². The number of rotatable bonds is 4. The minimum absolute atomic E-state index is 0.125. The Bertz CT molecular complexity index is 677. The zero-order valence-electron chi connectivity index (χ0n) is 13.4. The van der Waals surface area contributed by atoms with Gasteiger partial charge in [-0.25, -0.2) is 0 Å². The van der Waals surface area contributed by atoms with Crippen LogP contribution in [0.2, 0.25) is 0 Å². The number of methoxy groups -OCH3 is 1. The van der Waals surface area contributed by atoms with Crippen molar-refractivity contribution in [2.75, 3.05) is 38.2 Å². The average Bonchev–Trinajstić information content (AvgIpc) is 3.01. The zero-order chi connectivity index (χ0) is 16.2. The Hall–Kier alpha value is -2.57. The average molecular weight is 316 g/mol. The lowest BCUT2D eigenvalue weighted by molar-refractivity contribution is -0.130. The highest BCUT2D eigenvalue weighted by atomic mass is 16.5. The molecule has 23 heavy (non-hydrogen) atoms. The van der Waals surface area contributed by atoms with Crippen LogP contribution in [0.4, 0.5) is 6.01 Å². The van der Waals surface area contributed by atoms with E-state index in [-0.39, 0.29) is 5.91 Å². The molecule has 0 radical (unpaired) electrons. The van der Waals surface area contributed by atoms with Crippen molar-refractivity contribution in [3.05, 3.63) is 35.7 Å². The molecule has 1 aliphatic heterocycles. The number of piperazine rings is 1. The van der Waals surface area contributed by atoms with E-state index in [2.05, 4.69) is 10.2 Å². The number of carbonyl (C=O) groups is 1. The van der Waals surface area contributed by atoms with Gasteiger partial charge in [0.05, 0.1) is 13.5 Å². The highest BCUT2D eigenvalue weighted by Gasteiger charge is 2.24. The Morgan fingerprint density at radius 2 is 2.04 bits per heavy atom. The van der Waals surface area contributed by atoms with Crippen LogP contribution in [0.3, 0.4) is 0 Å². The number of amides is 1. The molecule has 1 fully saturated rings. The number of anilines is 1. The maximum Gasteiger partial charge on any atom is 0.318 e. The number of carbonyl (C=O) groups excluding carboxylic acids is 1. The van der Waals surface area contributed by atoms with Gasteiger partial charge in [-0.1, -0.05) is 17.2 Å². The van der Waals surface area contributed by atoms with E-state index in [1.54, 1.807) is 14.0 Å². The van der Waals surface area contributed by atoms with E-state index in [1.807, 2.05) is 34.1 Å². The molecule has 0 atom stereocenters. The normalized spacial score (nSPS) is 14.9. The summed E-state index contributed by atoms with van der Waals surface area (Å²) in [6, 6.07) is 8.14. The lowest BCUT2D eigenvalue weighted by atomic mass is 10.1. The van der Waals surface area contributed by atoms with Crippen LogP contribution in [-0.2, 0) is 11.2 Å². The summed E-state index contributed by atoms with van der Waals surface area (Å²) in [7, 11) is 1.62. The molecule has 0 N–H and O–H groups in total. The highest BCUT2D eigenvalue weighted by molar-refractivity contribution is 5.79. The summed E-state index contributed by atoms with van der Waals surface area (Å²) in [6.45, 7) is 4.48. The van der Waals surface area contributed by atoms with E-state index >= 15 is 0 Å². The molecule has 1 saturated heterocycles. The minimum Gasteiger partial charge on any atom is -0.497 e. The van der Waals surface area contributed by atoms with Crippen LogP contribution in [0.25, 0.3) is 0 Å². The van der Waals surface area contributed by atoms with E-state index in [4.69, 9.17) is 9.15 Å². The van der Waals surface area contributed by atoms with Gasteiger partial charge in [-0.05, 0) is 17.7 Å². The van der Waals surface area contributed by atoms with Gasteiger partial charge in [0.15, 0.2) is 0 Å². The van der Waals surface area contributed by atoms with Gasteiger partial charge in [-0.2, -0.15) is 0 Å². The number of hydrogen-bond donors (Lipinski definition) is 0. The monoisotopic (exact) mass is 316 g/mol. The van der Waals surface area contributed by atoms with Crippen LogP contribution < -0.4 is 9.64 Å². The van der Waals surface area contributed by atoms with Gasteiger partial charge >= 0.3 is 6.01 Å². The molecule has 1 aliphatic rings. The third kappa shape index (κ3) is 3.61. The number of hydrogen-bond acceptors (Lipinski definition) is 6. The third-order valence-corrected chi connectivity index (χ3v) is 3.91. The molecule has 0 bridgehead atoms. The first kappa shape index (κ1) is 15.3. The van der Waals surface area contributed by atoms with Gasteiger partial charge in [-0.3, -0.25) is 4.79 Å². The first-order chi connectivity index (χ1) is 11.2. The van der Waals surface area contributed by atoms with Crippen LogP contribution >= 0.6 is 0 Å². The predicted octanol–water partition coefficient (Wildman–Crippen LogP) is 1.28. The van der Waals surface area contributed by atoms with Crippen molar-refractivity contribution in [2.24, 2.45) is 0 Å². The van der Waals surface area contributed by atoms with Crippen molar-refractivity contribution in [3.8, 4) is 5.75 Å². The second-order valence-electron chi connectivity index (χ2n) is 5.50. The Kier molecular flexibility index (Phi) is 4.45. The summed E-state index contributed by atoms with van der Waals surface area (Å²) in [4.78, 5) is 16.3. The number of aromatic nitrogens is 2. The van der Waals surface area contributed by atoms with Gasteiger partial charge in [0.25, 0.3) is 0 Å². The molecule has 3 rings (SSSR count). The fraction of sp³-hybridized carbons (Fsp3) is 0.438. The first-order valence-electron chi connectivity index (χ1n) is 7.61. The standard InChI is InChI=1S/C16H20N4O3/c1-12-17-18-16(23-12)20-8-6-19(7-9-20)15(21)11-13-4-3-5-14(10-13)22-2/h3-5,10H,6-9,11H2,1-2H3. The molecule has 1 aromatic heterocycles. The number of ether oxygens (including phenoxy) is 1. The van der Waals surface area contributed by atoms with Gasteiger partial charge in [0, 0.05) is 33.1 Å². The smallest absolute Gasteiger partial charge is 0.318 e. The Morgan fingerprint density at radius 3 is 2.70 bits per heavy atom. The molecule has 0 aliphatic carbocycles. The van der Waals surface area contributed by atoms with Gasteiger partial charge in [0.1, 0.15) is 5.75 Å². The van der Waals surface area contributed by atoms with Crippen molar-refractivity contribution in [1.82, 2.24) is 15.1 Å². The molecule has 0 spiro atoms. The SMILES string of the molecule is COc1cccc(CC(=O)N2CCN(c3nnc(C)o3)CC2)c1. The molecule has 7 nitrogen and oxygen atoms in total. The summed E-state index contributed by atoms with van der Waals surface area (Å²) in [6.07, 6.45) is 0.386. The molecule has 1 amide bonds. The summed E-state index contributed by atoms with van der Waals surface area (Å²) in [5.41, 5.74) is 0.962. The number of benzene rings is 1. The van der Waals surface area contributed by atoms with Crippen molar-refractivity contribution in [1.29, 1.82) is 0 Å². The fourth-order valence-corrected chi connectivity index (χ4v) is 2.63. The van der Waals surface area contributed by atoms with Crippen LogP contribution in [0.1, 0.15) is 11.5 Å². The van der Waals surface area contributed by atoms with Crippen LogP contribution in [-0.4, -0.2) is 54.3 Å². The zero-order valence-corrected chi connectivity index (χ0v) is 13.4. The third-order valence-electron chi connectivity index (χ3n) is 3.91. The van der Waals surface area contributed by atoms with Crippen molar-refractivity contribution in [2.45, 2.75) is 13.3 Å².